The number of nitrogen functional groups attached to an aromatic ring is 1. The number of benzene rings is 2. The molecule has 184 valence electrons. The van der Waals surface area contributed by atoms with Crippen LogP contribution in [-0.4, -0.2) is 48.6 Å². The first-order valence-corrected chi connectivity index (χ1v) is 10.00. The van der Waals surface area contributed by atoms with Crippen LogP contribution in [0.25, 0.3) is 10.9 Å². The molecule has 1 heterocycles. The van der Waals surface area contributed by atoms with Crippen LogP contribution < -0.4 is 20.7 Å². The van der Waals surface area contributed by atoms with Crippen LogP contribution in [0.1, 0.15) is 16.1 Å². The van der Waals surface area contributed by atoms with Gasteiger partial charge in [0.25, 0.3) is 5.91 Å². The summed E-state index contributed by atoms with van der Waals surface area (Å²) in [6.07, 6.45) is -6.07. The first kappa shape index (κ1) is 25.2. The number of nitrogens with two attached hydrogens (primary N) is 1. The van der Waals surface area contributed by atoms with Crippen molar-refractivity contribution in [1.29, 1.82) is 0 Å². The summed E-state index contributed by atoms with van der Waals surface area (Å²) >= 11 is 0. The molecule has 0 spiro atoms. The summed E-state index contributed by atoms with van der Waals surface area (Å²) in [6, 6.07) is 7.74. The van der Waals surface area contributed by atoms with Crippen LogP contribution >= 0.6 is 0 Å². The SMILES string of the molecule is CNC(=O)c1cc(OC)c(N(CC#Cc2cc3c(N)cccc3n2CC(F)(F)F)C(=O)O)cc1F. The number of nitrogens with zero attached hydrogens (tertiary/aromatic N) is 2. The summed E-state index contributed by atoms with van der Waals surface area (Å²) in [4.78, 5) is 24.3. The molecule has 2 aromatic carbocycles. The second-order valence-corrected chi connectivity index (χ2v) is 7.26. The van der Waals surface area contributed by atoms with E-state index in [1.54, 1.807) is 0 Å². The van der Waals surface area contributed by atoms with Gasteiger partial charge in [0.15, 0.2) is 0 Å². The predicted octanol–water partition coefficient (Wildman–Crippen LogP) is 3.83. The van der Waals surface area contributed by atoms with E-state index in [4.69, 9.17) is 10.5 Å². The third-order valence-electron chi connectivity index (χ3n) is 5.03. The molecule has 2 amide bonds. The molecule has 3 aromatic rings. The highest BCUT2D eigenvalue weighted by atomic mass is 19.4. The van der Waals surface area contributed by atoms with Crippen molar-refractivity contribution in [3.8, 4) is 17.6 Å². The van der Waals surface area contributed by atoms with Crippen LogP contribution in [0.3, 0.4) is 0 Å². The quantitative estimate of drug-likeness (QED) is 0.285. The topological polar surface area (TPSA) is 110 Å². The molecular weight excluding hydrogens is 472 g/mol. The highest BCUT2D eigenvalue weighted by Gasteiger charge is 2.30. The van der Waals surface area contributed by atoms with Crippen molar-refractivity contribution in [3.63, 3.8) is 0 Å². The highest BCUT2D eigenvalue weighted by Crippen LogP contribution is 2.32. The zero-order valence-corrected chi connectivity index (χ0v) is 18.5. The van der Waals surface area contributed by atoms with Crippen molar-refractivity contribution < 1.29 is 37.0 Å². The largest absolute Gasteiger partial charge is 0.495 e. The van der Waals surface area contributed by atoms with Gasteiger partial charge in [0.2, 0.25) is 0 Å². The first-order valence-electron chi connectivity index (χ1n) is 10.00. The van der Waals surface area contributed by atoms with Crippen molar-refractivity contribution in [2.45, 2.75) is 12.7 Å². The number of alkyl halides is 3. The van der Waals surface area contributed by atoms with E-state index in [0.29, 0.717) is 10.3 Å². The molecule has 3 rings (SSSR count). The minimum absolute atomic E-state index is 0.0336. The number of aromatic nitrogens is 1. The van der Waals surface area contributed by atoms with Gasteiger partial charge in [-0.1, -0.05) is 12.0 Å². The average molecular weight is 492 g/mol. The number of carbonyl (C=O) groups is 2. The van der Waals surface area contributed by atoms with Crippen LogP contribution in [-0.2, 0) is 6.54 Å². The minimum Gasteiger partial charge on any atom is -0.495 e. The number of methoxy groups -OCH3 is 1. The predicted molar refractivity (Wildman–Crippen MR) is 121 cm³/mol. The van der Waals surface area contributed by atoms with Crippen LogP contribution in [0.4, 0.5) is 33.7 Å². The van der Waals surface area contributed by atoms with Crippen LogP contribution in [0, 0.1) is 17.7 Å². The van der Waals surface area contributed by atoms with Gasteiger partial charge in [-0.25, -0.2) is 9.18 Å². The zero-order chi connectivity index (χ0) is 25.9. The fourth-order valence-electron chi connectivity index (χ4n) is 3.45. The zero-order valence-electron chi connectivity index (χ0n) is 18.5. The van der Waals surface area contributed by atoms with Crippen LogP contribution in [0.2, 0.25) is 0 Å². The average Bonchev–Trinajstić information content (AvgIpc) is 3.13. The van der Waals surface area contributed by atoms with E-state index in [-0.39, 0.29) is 33.9 Å². The lowest BCUT2D eigenvalue weighted by Gasteiger charge is -2.20. The molecule has 1 aromatic heterocycles. The summed E-state index contributed by atoms with van der Waals surface area (Å²) in [5.41, 5.74) is 5.72. The monoisotopic (exact) mass is 492 g/mol. The maximum absolute atomic E-state index is 14.5. The second-order valence-electron chi connectivity index (χ2n) is 7.26. The Labute approximate surface area is 196 Å². The number of nitrogens with one attached hydrogen (secondary N) is 1. The summed E-state index contributed by atoms with van der Waals surface area (Å²) < 4.78 is 60.1. The fourth-order valence-corrected chi connectivity index (χ4v) is 3.45. The van der Waals surface area contributed by atoms with Crippen molar-refractivity contribution in [2.75, 3.05) is 31.3 Å². The number of rotatable bonds is 5. The van der Waals surface area contributed by atoms with Crippen molar-refractivity contribution in [3.05, 3.63) is 53.5 Å². The van der Waals surface area contributed by atoms with Crippen molar-refractivity contribution >= 4 is 34.3 Å². The molecule has 0 unspecified atom stereocenters. The molecule has 0 bridgehead atoms. The van der Waals surface area contributed by atoms with Gasteiger partial charge in [-0.3, -0.25) is 9.69 Å². The molecule has 35 heavy (non-hydrogen) atoms. The lowest BCUT2D eigenvalue weighted by Crippen LogP contribution is -2.30. The highest BCUT2D eigenvalue weighted by molar-refractivity contribution is 5.97. The maximum Gasteiger partial charge on any atom is 0.412 e. The van der Waals surface area contributed by atoms with E-state index in [0.717, 1.165) is 16.7 Å². The van der Waals surface area contributed by atoms with Gasteiger partial charge in [-0.2, -0.15) is 13.2 Å². The lowest BCUT2D eigenvalue weighted by atomic mass is 10.1. The number of ether oxygens (including phenoxy) is 1. The van der Waals surface area contributed by atoms with Gasteiger partial charge in [-0.05, 0) is 30.2 Å². The molecule has 0 aliphatic carbocycles. The van der Waals surface area contributed by atoms with Crippen LogP contribution in [0.15, 0.2) is 36.4 Å². The van der Waals surface area contributed by atoms with Crippen molar-refractivity contribution in [2.24, 2.45) is 0 Å². The van der Waals surface area contributed by atoms with E-state index in [1.165, 1.54) is 38.4 Å². The lowest BCUT2D eigenvalue weighted by molar-refractivity contribution is -0.140. The van der Waals surface area contributed by atoms with Gasteiger partial charge < -0.3 is 25.5 Å². The molecule has 0 atom stereocenters. The van der Waals surface area contributed by atoms with Gasteiger partial charge >= 0.3 is 12.3 Å². The number of anilines is 2. The molecule has 0 radical (unpaired) electrons. The normalized spacial score (nSPS) is 11.0. The third-order valence-corrected chi connectivity index (χ3v) is 5.03. The van der Waals surface area contributed by atoms with Gasteiger partial charge in [0, 0.05) is 24.2 Å². The number of fused-ring (bicyclic) bond motifs is 1. The Morgan fingerprint density at radius 2 is 1.97 bits per heavy atom. The Bertz CT molecular complexity index is 1360. The number of carboxylic acid groups (broad SMARTS) is 1. The Morgan fingerprint density at radius 3 is 2.57 bits per heavy atom. The van der Waals surface area contributed by atoms with E-state index in [9.17, 15) is 32.3 Å². The number of amides is 2. The van der Waals surface area contributed by atoms with Crippen LogP contribution in [0.5, 0.6) is 5.75 Å². The fraction of sp³-hybridized carbons (Fsp3) is 0.217. The minimum atomic E-state index is -4.54. The number of hydrogen-bond acceptors (Lipinski definition) is 4. The molecule has 0 aliphatic rings. The van der Waals surface area contributed by atoms with Gasteiger partial charge in [-0.15, -0.1) is 0 Å². The van der Waals surface area contributed by atoms with E-state index >= 15 is 0 Å². The Morgan fingerprint density at radius 1 is 1.26 bits per heavy atom. The standard InChI is InChI=1S/C23H20F4N4O4/c1-29-21(32)14-10-20(35-2)19(11-16(14)24)30(22(33)34)8-4-5-13-9-15-17(28)6-3-7-18(15)31(13)12-23(25,26)27/h3,6-7,9-11H,8,12,28H2,1-2H3,(H,29,32)(H,33,34). The van der Waals surface area contributed by atoms with Gasteiger partial charge in [0.1, 0.15) is 18.1 Å². The summed E-state index contributed by atoms with van der Waals surface area (Å²) in [5.74, 6) is 3.21. The Hall–Kier alpha value is -4.40. The number of carbonyl (C=O) groups excluding carboxylic acids is 1. The maximum atomic E-state index is 14.5. The molecule has 0 aliphatic heterocycles. The van der Waals surface area contributed by atoms with Gasteiger partial charge in [0.05, 0.1) is 36.1 Å². The second kappa shape index (κ2) is 9.84. The van der Waals surface area contributed by atoms with E-state index in [2.05, 4.69) is 17.2 Å². The summed E-state index contributed by atoms with van der Waals surface area (Å²) in [6.45, 7) is -1.86. The molecule has 0 fully saturated rings. The number of hydrogen-bond donors (Lipinski definition) is 3. The third kappa shape index (κ3) is 5.40. The first-order chi connectivity index (χ1) is 16.5. The Kier molecular flexibility index (Phi) is 7.09. The van der Waals surface area contributed by atoms with E-state index < -0.39 is 37.1 Å². The summed E-state index contributed by atoms with van der Waals surface area (Å²) in [5, 5.41) is 12.3. The molecular formula is C23H20F4N4O4. The smallest absolute Gasteiger partial charge is 0.412 e. The number of halogens is 4. The molecule has 12 heteroatoms. The van der Waals surface area contributed by atoms with E-state index in [1.807, 2.05) is 0 Å². The molecule has 0 saturated carbocycles. The molecule has 4 N–H and O–H groups in total. The molecule has 8 nitrogen and oxygen atoms in total. The van der Waals surface area contributed by atoms with Crippen molar-refractivity contribution in [1.82, 2.24) is 9.88 Å². The summed E-state index contributed by atoms with van der Waals surface area (Å²) in [7, 11) is 2.50. The Balaban J connectivity index is 2.03. The molecule has 0 saturated heterocycles.